The molecular formula is C33H47N5O2. The van der Waals surface area contributed by atoms with E-state index in [0.29, 0.717) is 36.5 Å². The number of nitrogens with zero attached hydrogens (tertiary/aromatic N) is 1. The highest BCUT2D eigenvalue weighted by Crippen LogP contribution is 2.28. The molecule has 0 aliphatic heterocycles. The average molecular weight is 546 g/mol. The number of hydrogen-bond donors (Lipinski definition) is 5. The molecule has 0 bridgehead atoms. The molecule has 40 heavy (non-hydrogen) atoms. The SMILES string of the molecule is CN(CCc1ccc(CNC(=O)CCCCCCCCC=C2CC2)cc1)C(/C=C(\N)c1ccccc1O)=C(N)N. The van der Waals surface area contributed by atoms with Gasteiger partial charge in [-0.3, -0.25) is 4.79 Å². The van der Waals surface area contributed by atoms with Crippen molar-refractivity contribution in [2.45, 2.75) is 77.2 Å². The Morgan fingerprint density at radius 2 is 1.57 bits per heavy atom. The third kappa shape index (κ3) is 11.1. The number of aromatic hydroxyl groups is 1. The monoisotopic (exact) mass is 545 g/mol. The van der Waals surface area contributed by atoms with Crippen molar-refractivity contribution in [2.24, 2.45) is 17.2 Å². The number of para-hydroxylation sites is 1. The molecule has 0 saturated heterocycles. The van der Waals surface area contributed by atoms with Crippen LogP contribution < -0.4 is 22.5 Å². The first-order valence-electron chi connectivity index (χ1n) is 14.6. The predicted molar refractivity (Wildman–Crippen MR) is 165 cm³/mol. The minimum Gasteiger partial charge on any atom is -0.507 e. The van der Waals surface area contributed by atoms with Crippen LogP contribution in [-0.2, 0) is 17.8 Å². The largest absolute Gasteiger partial charge is 0.507 e. The van der Waals surface area contributed by atoms with Gasteiger partial charge in [0.05, 0.1) is 5.70 Å². The summed E-state index contributed by atoms with van der Waals surface area (Å²) < 4.78 is 0. The first-order chi connectivity index (χ1) is 19.3. The summed E-state index contributed by atoms with van der Waals surface area (Å²) in [5, 5.41) is 13.1. The number of nitrogens with one attached hydrogen (secondary N) is 1. The Hall–Kier alpha value is -3.87. The fourth-order valence-electron chi connectivity index (χ4n) is 4.61. The van der Waals surface area contributed by atoms with Gasteiger partial charge in [0.15, 0.2) is 0 Å². The van der Waals surface area contributed by atoms with Gasteiger partial charge < -0.3 is 32.5 Å². The quantitative estimate of drug-likeness (QED) is 0.103. The Balaban J connectivity index is 1.33. The van der Waals surface area contributed by atoms with E-state index in [1.54, 1.807) is 29.8 Å². The van der Waals surface area contributed by atoms with Crippen molar-refractivity contribution in [3.63, 3.8) is 0 Å². The third-order valence-corrected chi connectivity index (χ3v) is 7.29. The van der Waals surface area contributed by atoms with E-state index < -0.39 is 0 Å². The summed E-state index contributed by atoms with van der Waals surface area (Å²) in [5.41, 5.74) is 23.5. The Kier molecular flexibility index (Phi) is 12.5. The number of carbonyl (C=O) groups excluding carboxylic acids is 1. The fourth-order valence-corrected chi connectivity index (χ4v) is 4.61. The number of likely N-dealkylation sites (N-methyl/N-ethyl adjacent to an activating group) is 1. The van der Waals surface area contributed by atoms with Crippen molar-refractivity contribution in [1.29, 1.82) is 0 Å². The van der Waals surface area contributed by atoms with Crippen LogP contribution >= 0.6 is 0 Å². The van der Waals surface area contributed by atoms with Crippen molar-refractivity contribution in [1.82, 2.24) is 10.2 Å². The summed E-state index contributed by atoms with van der Waals surface area (Å²) in [6, 6.07) is 15.1. The number of allylic oxidation sites excluding steroid dienone is 3. The lowest BCUT2D eigenvalue weighted by Crippen LogP contribution is -2.26. The zero-order valence-corrected chi connectivity index (χ0v) is 24.0. The maximum atomic E-state index is 12.2. The summed E-state index contributed by atoms with van der Waals surface area (Å²) >= 11 is 0. The Morgan fingerprint density at radius 3 is 2.25 bits per heavy atom. The molecule has 3 rings (SSSR count). The molecule has 2 aromatic rings. The van der Waals surface area contributed by atoms with Crippen LogP contribution in [0.1, 0.15) is 80.9 Å². The molecule has 0 aromatic heterocycles. The molecule has 0 radical (unpaired) electrons. The number of benzene rings is 2. The molecule has 0 atom stereocenters. The van der Waals surface area contributed by atoms with Crippen LogP contribution in [0.2, 0.25) is 0 Å². The Bertz CT molecular complexity index is 1170. The van der Waals surface area contributed by atoms with Gasteiger partial charge in [-0.05, 0) is 67.9 Å². The number of unbranched alkanes of at least 4 members (excludes halogenated alkanes) is 6. The number of phenols is 1. The van der Waals surface area contributed by atoms with Crippen molar-refractivity contribution >= 4 is 11.6 Å². The molecule has 1 amide bonds. The molecule has 1 saturated carbocycles. The number of hydrogen-bond acceptors (Lipinski definition) is 6. The van der Waals surface area contributed by atoms with E-state index in [1.807, 2.05) is 18.0 Å². The molecule has 0 heterocycles. The first kappa shape index (κ1) is 30.7. The van der Waals surface area contributed by atoms with Crippen LogP contribution in [0, 0.1) is 0 Å². The van der Waals surface area contributed by atoms with E-state index in [-0.39, 0.29) is 17.5 Å². The lowest BCUT2D eigenvalue weighted by atomic mass is 10.1. The van der Waals surface area contributed by atoms with Crippen molar-refractivity contribution < 1.29 is 9.90 Å². The highest BCUT2D eigenvalue weighted by Gasteiger charge is 2.11. The molecular weight excluding hydrogens is 498 g/mol. The second-order valence-electron chi connectivity index (χ2n) is 10.7. The second kappa shape index (κ2) is 16.3. The van der Waals surface area contributed by atoms with Gasteiger partial charge in [-0.2, -0.15) is 0 Å². The lowest BCUT2D eigenvalue weighted by molar-refractivity contribution is -0.121. The van der Waals surface area contributed by atoms with Crippen LogP contribution in [0.15, 0.2) is 77.8 Å². The van der Waals surface area contributed by atoms with Crippen LogP contribution in [0.5, 0.6) is 5.75 Å². The number of amides is 1. The van der Waals surface area contributed by atoms with Gasteiger partial charge in [0.25, 0.3) is 0 Å². The minimum absolute atomic E-state index is 0.100. The third-order valence-electron chi connectivity index (χ3n) is 7.29. The van der Waals surface area contributed by atoms with Gasteiger partial charge in [-0.25, -0.2) is 0 Å². The summed E-state index contributed by atoms with van der Waals surface area (Å²) in [4.78, 5) is 14.2. The number of phenolic OH excluding ortho intramolecular Hbond substituents is 1. The summed E-state index contributed by atoms with van der Waals surface area (Å²) in [6.07, 6.45) is 16.5. The predicted octanol–water partition coefficient (Wildman–Crippen LogP) is 5.41. The summed E-state index contributed by atoms with van der Waals surface area (Å²) in [7, 11) is 1.90. The van der Waals surface area contributed by atoms with Gasteiger partial charge in [-0.1, -0.05) is 73.7 Å². The standard InChI is InChI=1S/C33H47N5O2/c1-38(30(33(35)36)23-29(34)28-12-9-10-13-31(28)39)22-21-26-17-19-27(20-18-26)24-37-32(40)14-8-6-4-2-3-5-7-11-25-15-16-25/h9-13,17-20,23,39H,2-8,14-16,21-22,24,34-36H2,1H3,(H,37,40)/b29-23-. The maximum Gasteiger partial charge on any atom is 0.220 e. The molecule has 8 N–H and O–H groups in total. The molecule has 216 valence electrons. The fraction of sp³-hybridized carbons (Fsp3) is 0.424. The van der Waals surface area contributed by atoms with Crippen LogP contribution in [0.4, 0.5) is 0 Å². The molecule has 1 aliphatic rings. The summed E-state index contributed by atoms with van der Waals surface area (Å²) in [5.74, 6) is 0.379. The molecule has 7 heteroatoms. The molecule has 0 unspecified atom stereocenters. The average Bonchev–Trinajstić information content (AvgIpc) is 3.77. The number of rotatable bonds is 17. The molecule has 2 aromatic carbocycles. The van der Waals surface area contributed by atoms with Crippen molar-refractivity contribution in [2.75, 3.05) is 13.6 Å². The molecule has 0 spiro atoms. The Labute approximate surface area is 239 Å². The first-order valence-corrected chi connectivity index (χ1v) is 14.6. The van der Waals surface area contributed by atoms with Gasteiger partial charge in [0.2, 0.25) is 5.91 Å². The van der Waals surface area contributed by atoms with E-state index in [2.05, 4.69) is 35.7 Å². The number of carbonyl (C=O) groups is 1. The van der Waals surface area contributed by atoms with E-state index in [1.165, 1.54) is 50.5 Å². The van der Waals surface area contributed by atoms with E-state index in [9.17, 15) is 9.90 Å². The zero-order chi connectivity index (χ0) is 28.7. The lowest BCUT2D eigenvalue weighted by Gasteiger charge is -2.22. The van der Waals surface area contributed by atoms with Crippen molar-refractivity contribution in [3.8, 4) is 5.75 Å². The second-order valence-corrected chi connectivity index (χ2v) is 10.7. The van der Waals surface area contributed by atoms with Crippen LogP contribution in [0.3, 0.4) is 0 Å². The molecule has 1 fully saturated rings. The zero-order valence-electron chi connectivity index (χ0n) is 24.0. The minimum atomic E-state index is 0.100. The number of nitrogens with two attached hydrogens (primary N) is 3. The van der Waals surface area contributed by atoms with Gasteiger partial charge in [-0.15, -0.1) is 0 Å². The van der Waals surface area contributed by atoms with E-state index in [0.717, 1.165) is 24.8 Å². The molecule has 1 aliphatic carbocycles. The highest BCUT2D eigenvalue weighted by atomic mass is 16.3. The Morgan fingerprint density at radius 1 is 0.925 bits per heavy atom. The van der Waals surface area contributed by atoms with Gasteiger partial charge >= 0.3 is 0 Å². The molecule has 7 nitrogen and oxygen atoms in total. The van der Waals surface area contributed by atoms with Crippen LogP contribution in [0.25, 0.3) is 5.70 Å². The maximum absolute atomic E-state index is 12.2. The summed E-state index contributed by atoms with van der Waals surface area (Å²) in [6.45, 7) is 1.22. The van der Waals surface area contributed by atoms with Gasteiger partial charge in [0.1, 0.15) is 11.6 Å². The smallest absolute Gasteiger partial charge is 0.220 e. The highest BCUT2D eigenvalue weighted by molar-refractivity contribution is 5.75. The van der Waals surface area contributed by atoms with Crippen LogP contribution in [-0.4, -0.2) is 29.5 Å². The normalized spacial score (nSPS) is 12.6. The van der Waals surface area contributed by atoms with Crippen molar-refractivity contribution in [3.05, 3.63) is 94.5 Å². The van der Waals surface area contributed by atoms with Gasteiger partial charge in [0, 0.05) is 37.8 Å². The topological polar surface area (TPSA) is 131 Å². The van der Waals surface area contributed by atoms with E-state index in [4.69, 9.17) is 17.2 Å². The van der Waals surface area contributed by atoms with E-state index >= 15 is 0 Å².